The first kappa shape index (κ1) is 9.83. The van der Waals surface area contributed by atoms with Crippen molar-refractivity contribution in [3.05, 3.63) is 35.5 Å². The van der Waals surface area contributed by atoms with Crippen molar-refractivity contribution >= 4 is 0 Å². The molecule has 2 aromatic rings. The summed E-state index contributed by atoms with van der Waals surface area (Å²) in [5.74, 6) is 0.776. The maximum atomic E-state index is 4.47. The quantitative estimate of drug-likeness (QED) is 0.746. The van der Waals surface area contributed by atoms with Gasteiger partial charge in [-0.25, -0.2) is 9.67 Å². The van der Waals surface area contributed by atoms with Gasteiger partial charge in [0.25, 0.3) is 0 Å². The van der Waals surface area contributed by atoms with Gasteiger partial charge in [-0.05, 0) is 25.8 Å². The van der Waals surface area contributed by atoms with Crippen LogP contribution in [-0.4, -0.2) is 19.7 Å². The summed E-state index contributed by atoms with van der Waals surface area (Å²) in [5, 5.41) is 4.47. The molecule has 4 nitrogen and oxygen atoms in total. The van der Waals surface area contributed by atoms with E-state index >= 15 is 0 Å². The molecule has 78 valence electrons. The number of aromatic nitrogens is 4. The van der Waals surface area contributed by atoms with E-state index in [9.17, 15) is 0 Å². The molecule has 0 aliphatic rings. The van der Waals surface area contributed by atoms with Gasteiger partial charge in [0.15, 0.2) is 5.82 Å². The smallest absolute Gasteiger partial charge is 0.172 e. The van der Waals surface area contributed by atoms with Crippen molar-refractivity contribution in [3.8, 4) is 5.82 Å². The molecule has 0 N–H and O–H groups in total. The highest BCUT2D eigenvalue weighted by atomic mass is 15.3. The molecule has 0 spiro atoms. The maximum absolute atomic E-state index is 4.47. The molecule has 0 bridgehead atoms. The normalized spacial score (nSPS) is 10.6. The standard InChI is InChI=1S/C11H14N4/c1-4-10-8(2)14-15(9(10)3)11-7-12-5-6-13-11/h5-7H,4H2,1-3H3. The fourth-order valence-corrected chi connectivity index (χ4v) is 1.81. The van der Waals surface area contributed by atoms with Crippen molar-refractivity contribution in [3.63, 3.8) is 0 Å². The topological polar surface area (TPSA) is 43.6 Å². The molecule has 0 saturated carbocycles. The maximum Gasteiger partial charge on any atom is 0.172 e. The number of hydrogen-bond donors (Lipinski definition) is 0. The lowest BCUT2D eigenvalue weighted by Crippen LogP contribution is -2.02. The lowest BCUT2D eigenvalue weighted by atomic mass is 10.1. The summed E-state index contributed by atoms with van der Waals surface area (Å²) >= 11 is 0. The van der Waals surface area contributed by atoms with E-state index in [2.05, 4.69) is 28.9 Å². The third-order valence-electron chi connectivity index (χ3n) is 2.56. The summed E-state index contributed by atoms with van der Waals surface area (Å²) in [6, 6.07) is 0. The number of nitrogens with zero attached hydrogens (tertiary/aromatic N) is 4. The largest absolute Gasteiger partial charge is 0.259 e. The molecule has 2 rings (SSSR count). The highest BCUT2D eigenvalue weighted by Crippen LogP contribution is 2.16. The Morgan fingerprint density at radius 2 is 2.07 bits per heavy atom. The molecule has 2 aromatic heterocycles. The Balaban J connectivity index is 2.55. The van der Waals surface area contributed by atoms with E-state index in [1.807, 2.05) is 11.6 Å². The molecule has 0 radical (unpaired) electrons. The molecule has 0 aromatic carbocycles. The number of hydrogen-bond acceptors (Lipinski definition) is 3. The van der Waals surface area contributed by atoms with Gasteiger partial charge in [0.05, 0.1) is 11.9 Å². The summed E-state index contributed by atoms with van der Waals surface area (Å²) in [7, 11) is 0. The second-order valence-electron chi connectivity index (χ2n) is 3.48. The van der Waals surface area contributed by atoms with Crippen LogP contribution >= 0.6 is 0 Å². The Hall–Kier alpha value is -1.71. The van der Waals surface area contributed by atoms with Crippen LogP contribution in [0.25, 0.3) is 5.82 Å². The molecule has 0 aliphatic carbocycles. The van der Waals surface area contributed by atoms with Crippen LogP contribution in [0.2, 0.25) is 0 Å². The predicted octanol–water partition coefficient (Wildman–Crippen LogP) is 1.84. The van der Waals surface area contributed by atoms with Crippen molar-refractivity contribution in [1.29, 1.82) is 0 Å². The van der Waals surface area contributed by atoms with Crippen LogP contribution < -0.4 is 0 Å². The van der Waals surface area contributed by atoms with Gasteiger partial charge >= 0.3 is 0 Å². The summed E-state index contributed by atoms with van der Waals surface area (Å²) in [4.78, 5) is 8.28. The zero-order valence-corrected chi connectivity index (χ0v) is 9.23. The van der Waals surface area contributed by atoms with Gasteiger partial charge in [-0.1, -0.05) is 6.92 Å². The van der Waals surface area contributed by atoms with Gasteiger partial charge in [-0.2, -0.15) is 5.10 Å². The monoisotopic (exact) mass is 202 g/mol. The van der Waals surface area contributed by atoms with Crippen LogP contribution in [-0.2, 0) is 6.42 Å². The van der Waals surface area contributed by atoms with Crippen LogP contribution in [0.1, 0.15) is 23.9 Å². The van der Waals surface area contributed by atoms with E-state index in [-0.39, 0.29) is 0 Å². The molecule has 0 saturated heterocycles. The molecule has 0 atom stereocenters. The average Bonchev–Trinajstić information content (AvgIpc) is 2.55. The van der Waals surface area contributed by atoms with Gasteiger partial charge in [0.2, 0.25) is 0 Å². The van der Waals surface area contributed by atoms with Gasteiger partial charge in [-0.3, -0.25) is 4.98 Å². The summed E-state index contributed by atoms with van der Waals surface area (Å²) < 4.78 is 1.85. The third-order valence-corrected chi connectivity index (χ3v) is 2.56. The van der Waals surface area contributed by atoms with E-state index in [0.29, 0.717) is 0 Å². The first-order chi connectivity index (χ1) is 7.24. The molecule has 15 heavy (non-hydrogen) atoms. The highest BCUT2D eigenvalue weighted by Gasteiger charge is 2.11. The minimum atomic E-state index is 0.776. The molecule has 0 unspecified atom stereocenters. The first-order valence-corrected chi connectivity index (χ1v) is 5.05. The van der Waals surface area contributed by atoms with E-state index in [1.54, 1.807) is 18.6 Å². The molecular formula is C11H14N4. The Morgan fingerprint density at radius 1 is 1.27 bits per heavy atom. The van der Waals surface area contributed by atoms with E-state index < -0.39 is 0 Å². The van der Waals surface area contributed by atoms with E-state index in [4.69, 9.17) is 0 Å². The van der Waals surface area contributed by atoms with Gasteiger partial charge in [0.1, 0.15) is 0 Å². The minimum Gasteiger partial charge on any atom is -0.259 e. The average molecular weight is 202 g/mol. The van der Waals surface area contributed by atoms with Crippen LogP contribution in [0.4, 0.5) is 0 Å². The predicted molar refractivity (Wildman–Crippen MR) is 58.0 cm³/mol. The molecule has 4 heteroatoms. The van der Waals surface area contributed by atoms with Crippen LogP contribution in [0, 0.1) is 13.8 Å². The van der Waals surface area contributed by atoms with E-state index in [0.717, 1.165) is 23.6 Å². The summed E-state index contributed by atoms with van der Waals surface area (Å²) in [5.41, 5.74) is 3.51. The van der Waals surface area contributed by atoms with Crippen molar-refractivity contribution in [2.24, 2.45) is 0 Å². The fourth-order valence-electron chi connectivity index (χ4n) is 1.81. The van der Waals surface area contributed by atoms with Gasteiger partial charge in [-0.15, -0.1) is 0 Å². The summed E-state index contributed by atoms with van der Waals surface area (Å²) in [6.07, 6.45) is 6.06. The zero-order valence-electron chi connectivity index (χ0n) is 9.23. The SMILES string of the molecule is CCc1c(C)nn(-c2cnccn2)c1C. The molecular weight excluding hydrogens is 188 g/mol. The third kappa shape index (κ3) is 1.63. The van der Waals surface area contributed by atoms with Crippen molar-refractivity contribution in [2.45, 2.75) is 27.2 Å². The van der Waals surface area contributed by atoms with Gasteiger partial charge < -0.3 is 0 Å². The molecule has 0 fully saturated rings. The first-order valence-electron chi connectivity index (χ1n) is 5.05. The van der Waals surface area contributed by atoms with Crippen molar-refractivity contribution in [2.75, 3.05) is 0 Å². The Kier molecular flexibility index (Phi) is 2.49. The molecule has 0 amide bonds. The van der Waals surface area contributed by atoms with Crippen LogP contribution in [0.15, 0.2) is 18.6 Å². The highest BCUT2D eigenvalue weighted by molar-refractivity contribution is 5.30. The Bertz CT molecular complexity index is 459. The fraction of sp³-hybridized carbons (Fsp3) is 0.364. The second kappa shape index (κ2) is 3.81. The lowest BCUT2D eigenvalue weighted by molar-refractivity contribution is 0.798. The minimum absolute atomic E-state index is 0.776. The van der Waals surface area contributed by atoms with Gasteiger partial charge in [0, 0.05) is 18.1 Å². The number of aryl methyl sites for hydroxylation is 1. The number of rotatable bonds is 2. The van der Waals surface area contributed by atoms with Crippen LogP contribution in [0.5, 0.6) is 0 Å². The molecule has 0 aliphatic heterocycles. The van der Waals surface area contributed by atoms with Crippen LogP contribution in [0.3, 0.4) is 0 Å². The summed E-state index contributed by atoms with van der Waals surface area (Å²) in [6.45, 7) is 6.23. The zero-order chi connectivity index (χ0) is 10.8. The van der Waals surface area contributed by atoms with Crippen molar-refractivity contribution < 1.29 is 0 Å². The Morgan fingerprint density at radius 3 is 2.60 bits per heavy atom. The second-order valence-corrected chi connectivity index (χ2v) is 3.48. The van der Waals surface area contributed by atoms with E-state index in [1.165, 1.54) is 5.56 Å². The lowest BCUT2D eigenvalue weighted by Gasteiger charge is -2.02. The Labute approximate surface area is 89.0 Å². The molecule has 2 heterocycles. The van der Waals surface area contributed by atoms with Crippen molar-refractivity contribution in [1.82, 2.24) is 19.7 Å².